The van der Waals surface area contributed by atoms with Gasteiger partial charge in [-0.15, -0.1) is 0 Å². The average molecular weight is 550 g/mol. The highest BCUT2D eigenvalue weighted by molar-refractivity contribution is 6.28. The fourth-order valence-electron chi connectivity index (χ4n) is 6.43. The van der Waals surface area contributed by atoms with E-state index >= 15 is 0 Å². The molecule has 0 fully saturated rings. The van der Waals surface area contributed by atoms with Crippen LogP contribution in [0.3, 0.4) is 0 Å². The predicted octanol–water partition coefficient (Wildman–Crippen LogP) is 11.4. The van der Waals surface area contributed by atoms with Gasteiger partial charge in [0.15, 0.2) is 0 Å². The Morgan fingerprint density at radius 3 is 1.84 bits per heavy atom. The second kappa shape index (κ2) is 9.97. The van der Waals surface area contributed by atoms with Gasteiger partial charge in [-0.3, -0.25) is 0 Å². The van der Waals surface area contributed by atoms with Crippen molar-refractivity contribution in [2.75, 3.05) is 0 Å². The molecule has 8 aromatic rings. The van der Waals surface area contributed by atoms with Crippen LogP contribution in [-0.2, 0) is 0 Å². The van der Waals surface area contributed by atoms with Gasteiger partial charge in [-0.05, 0) is 67.2 Å². The molecule has 0 spiro atoms. The molecule has 7 aromatic carbocycles. The zero-order chi connectivity index (χ0) is 28.9. The van der Waals surface area contributed by atoms with Gasteiger partial charge in [0.05, 0.1) is 5.71 Å². The minimum Gasteiger partial charge on any atom is -0.455 e. The van der Waals surface area contributed by atoms with Crippen molar-refractivity contribution < 1.29 is 4.42 Å². The zero-order valence-corrected chi connectivity index (χ0v) is 23.5. The molecule has 1 aromatic heterocycles. The molecule has 2 nitrogen and oxygen atoms in total. The van der Waals surface area contributed by atoms with Gasteiger partial charge < -0.3 is 9.83 Å². The first kappa shape index (κ1) is 25.0. The largest absolute Gasteiger partial charge is 0.455 e. The van der Waals surface area contributed by atoms with Gasteiger partial charge in [0, 0.05) is 21.9 Å². The highest BCUT2D eigenvalue weighted by Crippen LogP contribution is 2.40. The van der Waals surface area contributed by atoms with E-state index in [0.717, 1.165) is 65.6 Å². The van der Waals surface area contributed by atoms with Crippen LogP contribution in [0.15, 0.2) is 157 Å². The Bertz CT molecular complexity index is 2370. The van der Waals surface area contributed by atoms with E-state index in [9.17, 15) is 5.41 Å². The summed E-state index contributed by atoms with van der Waals surface area (Å²) in [6.45, 7) is 4.40. The summed E-state index contributed by atoms with van der Waals surface area (Å²) in [7, 11) is 0. The molecule has 202 valence electrons. The average Bonchev–Trinajstić information content (AvgIpc) is 3.42. The number of hydrogen-bond acceptors (Lipinski definition) is 2. The molecule has 1 N–H and O–H groups in total. The first-order valence-electron chi connectivity index (χ1n) is 14.5. The molecular formula is C41H27NO. The minimum absolute atomic E-state index is 0.441. The third-order valence-corrected chi connectivity index (χ3v) is 8.43. The molecule has 8 rings (SSSR count). The number of nitrogens with one attached hydrogen (secondary N) is 1. The lowest BCUT2D eigenvalue weighted by molar-refractivity contribution is 0.668. The Hall–Kier alpha value is -5.73. The summed E-state index contributed by atoms with van der Waals surface area (Å²) >= 11 is 0. The first-order valence-corrected chi connectivity index (χ1v) is 14.5. The van der Waals surface area contributed by atoms with Crippen LogP contribution in [0.5, 0.6) is 0 Å². The summed E-state index contributed by atoms with van der Waals surface area (Å²) in [6, 6.07) is 46.2. The van der Waals surface area contributed by atoms with Crippen LogP contribution in [0.1, 0.15) is 11.1 Å². The topological polar surface area (TPSA) is 37.0 Å². The molecule has 0 aliphatic rings. The summed E-state index contributed by atoms with van der Waals surface area (Å²) in [5.41, 5.74) is 7.13. The maximum absolute atomic E-state index is 9.31. The van der Waals surface area contributed by atoms with E-state index in [1.807, 2.05) is 30.4 Å². The highest BCUT2D eigenvalue weighted by Gasteiger charge is 2.17. The quantitative estimate of drug-likeness (QED) is 0.129. The Kier molecular flexibility index (Phi) is 5.80. The number of benzene rings is 7. The third kappa shape index (κ3) is 4.07. The second-order valence-electron chi connectivity index (χ2n) is 11.0. The normalized spacial score (nSPS) is 11.8. The van der Waals surface area contributed by atoms with Crippen LogP contribution in [0.2, 0.25) is 0 Å². The van der Waals surface area contributed by atoms with Gasteiger partial charge in [0.25, 0.3) is 0 Å². The van der Waals surface area contributed by atoms with Crippen LogP contribution in [0.25, 0.3) is 71.0 Å². The Morgan fingerprint density at radius 2 is 1.14 bits per heavy atom. The summed E-state index contributed by atoms with van der Waals surface area (Å²) in [5.74, 6) is 0. The maximum atomic E-state index is 9.31. The summed E-state index contributed by atoms with van der Waals surface area (Å²) in [4.78, 5) is 0. The lowest BCUT2D eigenvalue weighted by Gasteiger charge is -2.17. The van der Waals surface area contributed by atoms with Crippen LogP contribution < -0.4 is 0 Å². The van der Waals surface area contributed by atoms with E-state index in [2.05, 4.69) is 122 Å². The molecule has 0 amide bonds. The number of furan rings is 1. The van der Waals surface area contributed by atoms with Crippen molar-refractivity contribution >= 4 is 65.5 Å². The maximum Gasteiger partial charge on any atom is 0.143 e. The molecule has 0 radical (unpaired) electrons. The third-order valence-electron chi connectivity index (χ3n) is 8.43. The molecule has 1 heterocycles. The van der Waals surface area contributed by atoms with Crippen molar-refractivity contribution in [2.45, 2.75) is 0 Å². The first-order chi connectivity index (χ1) is 21.2. The van der Waals surface area contributed by atoms with Crippen LogP contribution >= 0.6 is 0 Å². The van der Waals surface area contributed by atoms with Gasteiger partial charge in [0.1, 0.15) is 11.2 Å². The summed E-state index contributed by atoms with van der Waals surface area (Å²) in [6.07, 6.45) is 3.81. The van der Waals surface area contributed by atoms with E-state index < -0.39 is 0 Å². The SMILES string of the molecule is C=C(/C=C\C(=N)c1c2ccccc2c(-c2ccccc2)c2ccccc12)c1cccc2c1oc1cc3ccccc3cc12. The Labute approximate surface area is 249 Å². The van der Waals surface area contributed by atoms with Crippen molar-refractivity contribution in [1.82, 2.24) is 0 Å². The predicted molar refractivity (Wildman–Crippen MR) is 183 cm³/mol. The number of hydrogen-bond donors (Lipinski definition) is 1. The zero-order valence-electron chi connectivity index (χ0n) is 23.5. The summed E-state index contributed by atoms with van der Waals surface area (Å²) < 4.78 is 6.43. The van der Waals surface area contributed by atoms with Crippen molar-refractivity contribution in [3.8, 4) is 11.1 Å². The van der Waals surface area contributed by atoms with Crippen LogP contribution in [0, 0.1) is 5.41 Å². The van der Waals surface area contributed by atoms with Gasteiger partial charge in [-0.25, -0.2) is 0 Å². The number of para-hydroxylation sites is 1. The van der Waals surface area contributed by atoms with Crippen molar-refractivity contribution in [1.29, 1.82) is 5.41 Å². The number of allylic oxidation sites excluding steroid dienone is 3. The molecular weight excluding hydrogens is 522 g/mol. The molecule has 0 aliphatic carbocycles. The van der Waals surface area contributed by atoms with Gasteiger partial charge in [0.2, 0.25) is 0 Å². The van der Waals surface area contributed by atoms with E-state index in [1.54, 1.807) is 0 Å². The van der Waals surface area contributed by atoms with E-state index in [0.29, 0.717) is 5.71 Å². The molecule has 0 saturated heterocycles. The molecule has 0 atom stereocenters. The van der Waals surface area contributed by atoms with Crippen molar-refractivity contribution in [3.63, 3.8) is 0 Å². The van der Waals surface area contributed by atoms with Crippen molar-refractivity contribution in [3.05, 3.63) is 163 Å². The standard InChI is InChI=1S/C41H27NO/c1-26(30-20-11-21-35-36-24-28-14-5-6-15-29(28)25-38(36)43-41(30)35)22-23-37(42)40-33-18-9-7-16-31(33)39(27-12-3-2-4-13-27)32-17-8-10-19-34(32)40/h2-25,42H,1H2/b23-22-,42-37?. The Morgan fingerprint density at radius 1 is 0.558 bits per heavy atom. The Balaban J connectivity index is 1.24. The van der Waals surface area contributed by atoms with Crippen LogP contribution in [-0.4, -0.2) is 5.71 Å². The second-order valence-corrected chi connectivity index (χ2v) is 11.0. The lowest BCUT2D eigenvalue weighted by atomic mass is 9.86. The lowest BCUT2D eigenvalue weighted by Crippen LogP contribution is -2.00. The van der Waals surface area contributed by atoms with Gasteiger partial charge in [-0.1, -0.05) is 134 Å². The van der Waals surface area contributed by atoms with Gasteiger partial charge in [-0.2, -0.15) is 0 Å². The fourth-order valence-corrected chi connectivity index (χ4v) is 6.43. The molecule has 0 aliphatic heterocycles. The smallest absolute Gasteiger partial charge is 0.143 e. The molecule has 43 heavy (non-hydrogen) atoms. The monoisotopic (exact) mass is 549 g/mol. The molecule has 2 heteroatoms. The van der Waals surface area contributed by atoms with E-state index in [1.165, 1.54) is 16.5 Å². The van der Waals surface area contributed by atoms with E-state index in [-0.39, 0.29) is 0 Å². The minimum atomic E-state index is 0.441. The number of fused-ring (bicyclic) bond motifs is 6. The summed E-state index contributed by atoms with van der Waals surface area (Å²) in [5, 5.41) is 18.2. The van der Waals surface area contributed by atoms with Crippen molar-refractivity contribution in [2.24, 2.45) is 0 Å². The van der Waals surface area contributed by atoms with Gasteiger partial charge >= 0.3 is 0 Å². The molecule has 0 saturated carbocycles. The fraction of sp³-hybridized carbons (Fsp3) is 0. The molecule has 0 bridgehead atoms. The van der Waals surface area contributed by atoms with E-state index in [4.69, 9.17) is 4.42 Å². The molecule has 0 unspecified atom stereocenters. The highest BCUT2D eigenvalue weighted by atomic mass is 16.3. The van der Waals surface area contributed by atoms with Crippen LogP contribution in [0.4, 0.5) is 0 Å². The number of rotatable bonds is 5.